The van der Waals surface area contributed by atoms with Crippen LogP contribution in [0.25, 0.3) is 0 Å². The summed E-state index contributed by atoms with van der Waals surface area (Å²) in [7, 11) is 3.69. The summed E-state index contributed by atoms with van der Waals surface area (Å²) < 4.78 is -0.164. The van der Waals surface area contributed by atoms with Crippen LogP contribution in [0.4, 0.5) is 0 Å². The maximum Gasteiger partial charge on any atom is 0.0739 e. The van der Waals surface area contributed by atoms with Gasteiger partial charge in [-0.15, -0.1) is 0 Å². The highest BCUT2D eigenvalue weighted by atomic mass is 33.1. The lowest BCUT2D eigenvalue weighted by molar-refractivity contribution is 1.09. The van der Waals surface area contributed by atoms with Crippen LogP contribution in [0.15, 0.2) is 0 Å². The van der Waals surface area contributed by atoms with Crippen LogP contribution >= 0.6 is 95.6 Å². The zero-order chi connectivity index (χ0) is 12.4. The summed E-state index contributed by atoms with van der Waals surface area (Å²) in [6.07, 6.45) is 2.08. The molecule has 0 spiro atoms. The highest BCUT2D eigenvalue weighted by Crippen LogP contribution is 2.34. The molecule has 0 N–H and O–H groups in total. The van der Waals surface area contributed by atoms with Gasteiger partial charge in [0.2, 0.25) is 0 Å². The first-order chi connectivity index (χ1) is 7.52. The summed E-state index contributed by atoms with van der Waals surface area (Å²) in [4.78, 5) is 0. The molecule has 16 heavy (non-hydrogen) atoms. The summed E-state index contributed by atoms with van der Waals surface area (Å²) in [5, 5.41) is 1.32. The molecule has 0 bridgehead atoms. The lowest BCUT2D eigenvalue weighted by Crippen LogP contribution is -2.19. The van der Waals surface area contributed by atoms with Crippen LogP contribution in [0.5, 0.6) is 0 Å². The molecule has 0 saturated heterocycles. The van der Waals surface area contributed by atoms with E-state index in [9.17, 15) is 0 Å². The first kappa shape index (κ1) is 18.8. The lowest BCUT2D eigenvalue weighted by atomic mass is 10.5. The van der Waals surface area contributed by atoms with E-state index in [0.717, 1.165) is 28.1 Å². The van der Waals surface area contributed by atoms with Gasteiger partial charge in [-0.25, -0.2) is 0 Å². The monoisotopic (exact) mass is 370 g/mol. The fourth-order valence-corrected chi connectivity index (χ4v) is 7.34. The molecular weight excluding hydrogens is 353 g/mol. The minimum atomic E-state index is -0.164. The van der Waals surface area contributed by atoms with Crippen LogP contribution in [0, 0.1) is 0 Å². The topological polar surface area (TPSA) is 0 Å². The van der Waals surface area contributed by atoms with Crippen LogP contribution in [-0.2, 0) is 0 Å². The maximum absolute atomic E-state index is 4.52. The molecule has 8 heteroatoms. The Balaban J connectivity index is 3.44. The van der Waals surface area contributed by atoms with Crippen LogP contribution in [-0.4, -0.2) is 43.7 Å². The average molecular weight is 371 g/mol. The Bertz CT molecular complexity index is 162. The fraction of sp³-hybridized carbons (Fsp3) is 1.00. The molecule has 0 aliphatic heterocycles. The van der Waals surface area contributed by atoms with E-state index in [1.807, 2.05) is 33.3 Å². The molecule has 0 aliphatic carbocycles. The molecule has 1 unspecified atom stereocenters. The minimum absolute atomic E-state index is 0.164. The van der Waals surface area contributed by atoms with Gasteiger partial charge in [0.1, 0.15) is 0 Å². The first-order valence-electron chi connectivity index (χ1n) is 4.56. The third-order valence-corrected chi connectivity index (χ3v) is 8.49. The largest absolute Gasteiger partial charge is 0.174 e. The van der Waals surface area contributed by atoms with E-state index in [4.69, 9.17) is 0 Å². The van der Waals surface area contributed by atoms with E-state index >= 15 is 0 Å². The van der Waals surface area contributed by atoms with Crippen LogP contribution < -0.4 is 0 Å². The van der Waals surface area contributed by atoms with Gasteiger partial charge < -0.3 is 0 Å². The summed E-state index contributed by atoms with van der Waals surface area (Å²) in [6, 6.07) is 0. The standard InChI is InChI=1S/C8H18S8/c1-13-4-8(11,12)5-16-15-3-7(10)2-14-6-9/h7,9-12H,2-6H2,1H3. The Hall–Kier alpha value is 2.80. The Morgan fingerprint density at radius 1 is 1.12 bits per heavy atom. The summed E-state index contributed by atoms with van der Waals surface area (Å²) in [6.45, 7) is 0. The van der Waals surface area contributed by atoms with E-state index in [0.29, 0.717) is 5.25 Å². The fourth-order valence-electron chi connectivity index (χ4n) is 0.772. The van der Waals surface area contributed by atoms with Crippen molar-refractivity contribution in [1.82, 2.24) is 0 Å². The zero-order valence-corrected chi connectivity index (χ0v) is 15.9. The van der Waals surface area contributed by atoms with Gasteiger partial charge in [-0.2, -0.15) is 74.0 Å². The molecule has 98 valence electrons. The molecule has 0 aromatic heterocycles. The molecule has 0 aromatic carbocycles. The van der Waals surface area contributed by atoms with Crippen molar-refractivity contribution in [3.63, 3.8) is 0 Å². The molecular formula is C8H18S8. The molecule has 0 radical (unpaired) electrons. The van der Waals surface area contributed by atoms with E-state index in [2.05, 4.69) is 56.8 Å². The van der Waals surface area contributed by atoms with Gasteiger partial charge in [-0.3, -0.25) is 0 Å². The van der Waals surface area contributed by atoms with Gasteiger partial charge in [0.25, 0.3) is 0 Å². The highest BCUT2D eigenvalue weighted by Gasteiger charge is 2.19. The third kappa shape index (κ3) is 11.9. The van der Waals surface area contributed by atoms with Crippen molar-refractivity contribution in [2.45, 2.75) is 9.33 Å². The molecule has 0 fully saturated rings. The molecule has 0 rings (SSSR count). The van der Waals surface area contributed by atoms with Gasteiger partial charge in [-0.1, -0.05) is 21.6 Å². The van der Waals surface area contributed by atoms with Crippen LogP contribution in [0.2, 0.25) is 0 Å². The van der Waals surface area contributed by atoms with Crippen molar-refractivity contribution in [3.8, 4) is 0 Å². The van der Waals surface area contributed by atoms with Gasteiger partial charge >= 0.3 is 0 Å². The number of hydrogen-bond donors (Lipinski definition) is 4. The molecule has 0 aliphatic rings. The predicted molar refractivity (Wildman–Crippen MR) is 103 cm³/mol. The van der Waals surface area contributed by atoms with Crippen LogP contribution in [0.3, 0.4) is 0 Å². The van der Waals surface area contributed by atoms with Crippen molar-refractivity contribution < 1.29 is 0 Å². The molecule has 0 saturated carbocycles. The quantitative estimate of drug-likeness (QED) is 0.197. The Morgan fingerprint density at radius 3 is 2.38 bits per heavy atom. The molecule has 1 atom stereocenters. The maximum atomic E-state index is 4.52. The molecule has 0 nitrogen and oxygen atoms in total. The predicted octanol–water partition coefficient (Wildman–Crippen LogP) is 4.21. The summed E-state index contributed by atoms with van der Waals surface area (Å²) in [5.41, 5.74) is 0. The molecule has 0 aromatic rings. The second-order valence-corrected chi connectivity index (χ2v) is 11.1. The summed E-state index contributed by atoms with van der Waals surface area (Å²) >= 11 is 21.3. The Morgan fingerprint density at radius 2 is 1.81 bits per heavy atom. The number of rotatable bonds is 10. The second kappa shape index (κ2) is 11.6. The SMILES string of the molecule is CSCC(S)(S)CSSCC(S)CSCS. The minimum Gasteiger partial charge on any atom is -0.174 e. The van der Waals surface area contributed by atoms with Crippen LogP contribution in [0.1, 0.15) is 0 Å². The van der Waals surface area contributed by atoms with Crippen molar-refractivity contribution >= 4 is 95.6 Å². The molecule has 0 heterocycles. The van der Waals surface area contributed by atoms with Gasteiger partial charge in [-0.05, 0) is 6.26 Å². The van der Waals surface area contributed by atoms with E-state index < -0.39 is 0 Å². The normalized spacial score (nSPS) is 14.1. The van der Waals surface area contributed by atoms with Crippen molar-refractivity contribution in [3.05, 3.63) is 0 Å². The highest BCUT2D eigenvalue weighted by molar-refractivity contribution is 8.76. The lowest BCUT2D eigenvalue weighted by Gasteiger charge is -2.20. The average Bonchev–Trinajstić information content (AvgIpc) is 2.21. The Labute approximate surface area is 138 Å². The van der Waals surface area contributed by atoms with Gasteiger partial charge in [0.05, 0.1) is 4.08 Å². The van der Waals surface area contributed by atoms with Crippen molar-refractivity contribution in [1.29, 1.82) is 0 Å². The first-order valence-corrected chi connectivity index (χ1v) is 11.6. The second-order valence-electron chi connectivity index (χ2n) is 3.12. The van der Waals surface area contributed by atoms with Gasteiger partial charge in [0, 0.05) is 33.3 Å². The van der Waals surface area contributed by atoms with Crippen molar-refractivity contribution in [2.75, 3.05) is 34.4 Å². The third-order valence-electron chi connectivity index (χ3n) is 1.41. The Kier molecular flexibility index (Phi) is 13.6. The summed E-state index contributed by atoms with van der Waals surface area (Å²) in [5.74, 6) is 4.04. The van der Waals surface area contributed by atoms with Gasteiger partial charge in [0.15, 0.2) is 0 Å². The number of thiol groups is 4. The zero-order valence-electron chi connectivity index (χ0n) is 9.03. The van der Waals surface area contributed by atoms with E-state index in [1.165, 1.54) is 0 Å². The number of hydrogen-bond acceptors (Lipinski definition) is 8. The number of thioether (sulfide) groups is 2. The smallest absolute Gasteiger partial charge is 0.0739 e. The van der Waals surface area contributed by atoms with E-state index in [-0.39, 0.29) is 4.08 Å². The molecule has 0 amide bonds. The van der Waals surface area contributed by atoms with E-state index in [1.54, 1.807) is 11.8 Å². The van der Waals surface area contributed by atoms with Crippen molar-refractivity contribution in [2.24, 2.45) is 0 Å².